The van der Waals surface area contributed by atoms with Crippen LogP contribution in [0, 0.1) is 13.8 Å². The Morgan fingerprint density at radius 1 is 1.29 bits per heavy atom. The number of hydrogen-bond donors (Lipinski definition) is 2. The zero-order chi connectivity index (χ0) is 15.4. The van der Waals surface area contributed by atoms with E-state index in [0.717, 1.165) is 42.5 Å². The molecule has 1 fully saturated rings. The van der Waals surface area contributed by atoms with Crippen molar-refractivity contribution in [2.24, 2.45) is 5.73 Å². The summed E-state index contributed by atoms with van der Waals surface area (Å²) in [5, 5.41) is 3.02. The lowest BCUT2D eigenvalue weighted by Crippen LogP contribution is -2.42. The standard InChI is InChI=1S/C17H27N3O/c1-12-4-5-13(2)16(10-12)19-17(21)11-20(3)15-8-6-14(18)7-9-15/h4-5,10,14-15H,6-9,11,18H2,1-3H3,(H,19,21). The number of nitrogens with zero attached hydrogens (tertiary/aromatic N) is 1. The van der Waals surface area contributed by atoms with Crippen molar-refractivity contribution in [3.63, 3.8) is 0 Å². The summed E-state index contributed by atoms with van der Waals surface area (Å²) in [6.07, 6.45) is 4.31. The third-order valence-corrected chi connectivity index (χ3v) is 4.42. The van der Waals surface area contributed by atoms with Crippen LogP contribution < -0.4 is 11.1 Å². The Bertz CT molecular complexity index is 493. The van der Waals surface area contributed by atoms with Crippen molar-refractivity contribution in [2.45, 2.75) is 51.6 Å². The normalized spacial score (nSPS) is 22.3. The zero-order valence-electron chi connectivity index (χ0n) is 13.4. The maximum Gasteiger partial charge on any atom is 0.238 e. The number of aryl methyl sites for hydroxylation is 2. The number of anilines is 1. The molecule has 21 heavy (non-hydrogen) atoms. The third kappa shape index (κ3) is 4.55. The van der Waals surface area contributed by atoms with Crippen molar-refractivity contribution < 1.29 is 4.79 Å². The fraction of sp³-hybridized carbons (Fsp3) is 0.588. The van der Waals surface area contributed by atoms with Gasteiger partial charge in [0.25, 0.3) is 0 Å². The molecule has 2 rings (SSSR count). The Labute approximate surface area is 127 Å². The van der Waals surface area contributed by atoms with Gasteiger partial charge < -0.3 is 11.1 Å². The Morgan fingerprint density at radius 2 is 1.95 bits per heavy atom. The van der Waals surface area contributed by atoms with Gasteiger partial charge in [0.2, 0.25) is 5.91 Å². The molecule has 0 aromatic heterocycles. The molecule has 0 spiro atoms. The van der Waals surface area contributed by atoms with Gasteiger partial charge in [-0.15, -0.1) is 0 Å². The average Bonchev–Trinajstić information content (AvgIpc) is 2.43. The van der Waals surface area contributed by atoms with Gasteiger partial charge in [-0.2, -0.15) is 0 Å². The minimum absolute atomic E-state index is 0.0565. The van der Waals surface area contributed by atoms with Crippen molar-refractivity contribution in [3.05, 3.63) is 29.3 Å². The molecule has 4 heteroatoms. The van der Waals surface area contributed by atoms with Gasteiger partial charge in [0, 0.05) is 17.8 Å². The first kappa shape index (κ1) is 16.0. The van der Waals surface area contributed by atoms with E-state index in [2.05, 4.69) is 16.3 Å². The fourth-order valence-electron chi connectivity index (χ4n) is 2.96. The van der Waals surface area contributed by atoms with Gasteiger partial charge in [0.05, 0.1) is 6.54 Å². The molecule has 0 radical (unpaired) electrons. The molecular weight excluding hydrogens is 262 g/mol. The highest BCUT2D eigenvalue weighted by Gasteiger charge is 2.23. The van der Waals surface area contributed by atoms with Crippen molar-refractivity contribution in [3.8, 4) is 0 Å². The zero-order valence-corrected chi connectivity index (χ0v) is 13.4. The third-order valence-electron chi connectivity index (χ3n) is 4.42. The molecule has 0 bridgehead atoms. The Morgan fingerprint density at radius 3 is 2.62 bits per heavy atom. The van der Waals surface area contributed by atoms with E-state index in [1.54, 1.807) is 0 Å². The number of rotatable bonds is 4. The maximum absolute atomic E-state index is 12.2. The summed E-state index contributed by atoms with van der Waals surface area (Å²) in [6, 6.07) is 6.94. The van der Waals surface area contributed by atoms with Crippen LogP contribution in [0.1, 0.15) is 36.8 Å². The van der Waals surface area contributed by atoms with Crippen molar-refractivity contribution in [1.29, 1.82) is 0 Å². The first-order valence-electron chi connectivity index (χ1n) is 7.78. The molecule has 0 heterocycles. The first-order valence-corrected chi connectivity index (χ1v) is 7.78. The van der Waals surface area contributed by atoms with Crippen LogP contribution in [0.2, 0.25) is 0 Å². The molecule has 1 aliphatic carbocycles. The van der Waals surface area contributed by atoms with E-state index < -0.39 is 0 Å². The van der Waals surface area contributed by atoms with Crippen LogP contribution in [0.15, 0.2) is 18.2 Å². The monoisotopic (exact) mass is 289 g/mol. The molecule has 1 aromatic rings. The summed E-state index contributed by atoms with van der Waals surface area (Å²) in [7, 11) is 2.03. The minimum Gasteiger partial charge on any atom is -0.328 e. The van der Waals surface area contributed by atoms with Gasteiger partial charge in [-0.1, -0.05) is 12.1 Å². The summed E-state index contributed by atoms with van der Waals surface area (Å²) in [5.74, 6) is 0.0565. The Hall–Kier alpha value is -1.39. The summed E-state index contributed by atoms with van der Waals surface area (Å²) < 4.78 is 0. The fourth-order valence-corrected chi connectivity index (χ4v) is 2.96. The van der Waals surface area contributed by atoms with Gasteiger partial charge in [0.1, 0.15) is 0 Å². The van der Waals surface area contributed by atoms with E-state index in [9.17, 15) is 4.79 Å². The maximum atomic E-state index is 12.2. The SMILES string of the molecule is Cc1ccc(C)c(NC(=O)CN(C)C2CCC(N)CC2)c1. The molecular formula is C17H27N3O. The van der Waals surface area contributed by atoms with Crippen LogP contribution in [-0.2, 0) is 4.79 Å². The lowest BCUT2D eigenvalue weighted by molar-refractivity contribution is -0.117. The quantitative estimate of drug-likeness (QED) is 0.895. The highest BCUT2D eigenvalue weighted by Crippen LogP contribution is 2.21. The molecule has 0 saturated heterocycles. The summed E-state index contributed by atoms with van der Waals surface area (Å²) in [6.45, 7) is 4.49. The van der Waals surface area contributed by atoms with E-state index in [1.165, 1.54) is 0 Å². The topological polar surface area (TPSA) is 58.4 Å². The number of carbonyl (C=O) groups is 1. The molecule has 1 aromatic carbocycles. The van der Waals surface area contributed by atoms with Gasteiger partial charge >= 0.3 is 0 Å². The number of nitrogens with one attached hydrogen (secondary N) is 1. The number of hydrogen-bond acceptors (Lipinski definition) is 3. The predicted octanol–water partition coefficient (Wildman–Crippen LogP) is 2.44. The largest absolute Gasteiger partial charge is 0.328 e. The predicted molar refractivity (Wildman–Crippen MR) is 87.4 cm³/mol. The molecule has 3 N–H and O–H groups in total. The van der Waals surface area contributed by atoms with Crippen molar-refractivity contribution in [1.82, 2.24) is 4.90 Å². The van der Waals surface area contributed by atoms with Gasteiger partial charge in [-0.25, -0.2) is 0 Å². The van der Waals surface area contributed by atoms with Crippen LogP contribution in [0.5, 0.6) is 0 Å². The molecule has 0 atom stereocenters. The van der Waals surface area contributed by atoms with Gasteiger partial charge in [-0.3, -0.25) is 9.69 Å². The molecule has 1 saturated carbocycles. The lowest BCUT2D eigenvalue weighted by atomic mass is 9.91. The molecule has 4 nitrogen and oxygen atoms in total. The number of carbonyl (C=O) groups excluding carboxylic acids is 1. The second-order valence-corrected chi connectivity index (χ2v) is 6.35. The Kier molecular flexibility index (Phi) is 5.37. The molecule has 116 valence electrons. The molecule has 1 amide bonds. The summed E-state index contributed by atoms with van der Waals surface area (Å²) >= 11 is 0. The van der Waals surface area contributed by atoms with Gasteiger partial charge in [0.15, 0.2) is 0 Å². The van der Waals surface area contributed by atoms with Crippen LogP contribution in [0.25, 0.3) is 0 Å². The minimum atomic E-state index is 0.0565. The highest BCUT2D eigenvalue weighted by atomic mass is 16.2. The lowest BCUT2D eigenvalue weighted by Gasteiger charge is -2.33. The van der Waals surface area contributed by atoms with Crippen LogP contribution in [0.4, 0.5) is 5.69 Å². The summed E-state index contributed by atoms with van der Waals surface area (Å²) in [4.78, 5) is 14.4. The van der Waals surface area contributed by atoms with E-state index in [1.807, 2.05) is 33.0 Å². The molecule has 0 aliphatic heterocycles. The number of amides is 1. The van der Waals surface area contributed by atoms with E-state index in [4.69, 9.17) is 5.73 Å². The average molecular weight is 289 g/mol. The highest BCUT2D eigenvalue weighted by molar-refractivity contribution is 5.93. The van der Waals surface area contributed by atoms with Gasteiger partial charge in [-0.05, 0) is 63.8 Å². The number of nitrogens with two attached hydrogens (primary N) is 1. The number of benzene rings is 1. The van der Waals surface area contributed by atoms with Crippen molar-refractivity contribution >= 4 is 11.6 Å². The molecule has 0 unspecified atom stereocenters. The smallest absolute Gasteiger partial charge is 0.238 e. The van der Waals surface area contributed by atoms with Crippen molar-refractivity contribution in [2.75, 3.05) is 18.9 Å². The van der Waals surface area contributed by atoms with E-state index >= 15 is 0 Å². The van der Waals surface area contributed by atoms with E-state index in [0.29, 0.717) is 18.6 Å². The molecule has 1 aliphatic rings. The second kappa shape index (κ2) is 7.05. The van der Waals surface area contributed by atoms with E-state index in [-0.39, 0.29) is 5.91 Å². The van der Waals surface area contributed by atoms with Crippen LogP contribution >= 0.6 is 0 Å². The summed E-state index contributed by atoms with van der Waals surface area (Å²) in [5.41, 5.74) is 9.10. The van der Waals surface area contributed by atoms with Crippen LogP contribution in [-0.4, -0.2) is 36.5 Å². The Balaban J connectivity index is 1.88. The second-order valence-electron chi connectivity index (χ2n) is 6.35. The first-order chi connectivity index (χ1) is 9.95. The van der Waals surface area contributed by atoms with Crippen LogP contribution in [0.3, 0.4) is 0 Å². The number of likely N-dealkylation sites (N-methyl/N-ethyl adjacent to an activating group) is 1.